The first-order chi connectivity index (χ1) is 39.0. The van der Waals surface area contributed by atoms with Gasteiger partial charge in [0.1, 0.15) is 13.2 Å². The van der Waals surface area contributed by atoms with E-state index in [1.54, 1.807) is 0 Å². The monoisotopic (exact) mass is 1100 g/mol. The second kappa shape index (κ2) is 66.8. The summed E-state index contributed by atoms with van der Waals surface area (Å²) >= 11 is 0. The van der Waals surface area contributed by atoms with Crippen molar-refractivity contribution in [2.24, 2.45) is 0 Å². The number of unbranched alkanes of at least 4 members (excludes halogenated alkanes) is 34. The summed E-state index contributed by atoms with van der Waals surface area (Å²) in [6, 6.07) is 0. The van der Waals surface area contributed by atoms with Crippen molar-refractivity contribution in [1.29, 1.82) is 0 Å². The summed E-state index contributed by atoms with van der Waals surface area (Å²) in [7, 11) is 0. The van der Waals surface area contributed by atoms with E-state index in [1.165, 1.54) is 180 Å². The van der Waals surface area contributed by atoms with Crippen molar-refractivity contribution in [3.8, 4) is 0 Å². The minimum absolute atomic E-state index is 0.0892. The molecular formula is C73H126O6. The number of allylic oxidation sites excluding steroid dienone is 16. The Kier molecular flexibility index (Phi) is 63.7. The van der Waals surface area contributed by atoms with Gasteiger partial charge in [0.05, 0.1) is 0 Å². The fourth-order valence-electron chi connectivity index (χ4n) is 9.43. The second-order valence-corrected chi connectivity index (χ2v) is 22.4. The molecule has 0 radical (unpaired) electrons. The molecular weight excluding hydrogens is 973 g/mol. The Balaban J connectivity index is 4.45. The molecule has 0 fully saturated rings. The van der Waals surface area contributed by atoms with Crippen LogP contribution in [0, 0.1) is 0 Å². The molecule has 0 aliphatic carbocycles. The molecule has 0 rings (SSSR count). The molecule has 0 aromatic carbocycles. The van der Waals surface area contributed by atoms with E-state index in [4.69, 9.17) is 14.2 Å². The normalized spacial score (nSPS) is 12.7. The van der Waals surface area contributed by atoms with Crippen LogP contribution in [0.3, 0.4) is 0 Å². The topological polar surface area (TPSA) is 78.9 Å². The third-order valence-electron chi connectivity index (χ3n) is 14.5. The van der Waals surface area contributed by atoms with Gasteiger partial charge in [-0.05, 0) is 128 Å². The highest BCUT2D eigenvalue weighted by Gasteiger charge is 2.19. The van der Waals surface area contributed by atoms with E-state index in [0.29, 0.717) is 19.3 Å². The minimum atomic E-state index is -0.795. The summed E-state index contributed by atoms with van der Waals surface area (Å²) in [6.45, 7) is 6.60. The van der Waals surface area contributed by atoms with Crippen molar-refractivity contribution >= 4 is 17.9 Å². The highest BCUT2D eigenvalue weighted by Crippen LogP contribution is 2.16. The lowest BCUT2D eigenvalue weighted by molar-refractivity contribution is -0.167. The summed E-state index contributed by atoms with van der Waals surface area (Å²) in [5.74, 6) is -0.907. The minimum Gasteiger partial charge on any atom is -0.462 e. The molecule has 0 heterocycles. The lowest BCUT2D eigenvalue weighted by Crippen LogP contribution is -2.30. The molecule has 6 heteroatoms. The van der Waals surface area contributed by atoms with Crippen LogP contribution in [0.15, 0.2) is 97.2 Å². The van der Waals surface area contributed by atoms with Crippen LogP contribution in [0.4, 0.5) is 0 Å². The first kappa shape index (κ1) is 75.3. The zero-order chi connectivity index (χ0) is 57.1. The number of carbonyl (C=O) groups is 3. The third-order valence-corrected chi connectivity index (χ3v) is 14.5. The Labute approximate surface area is 489 Å². The van der Waals surface area contributed by atoms with Crippen LogP contribution in [-0.2, 0) is 28.6 Å². The van der Waals surface area contributed by atoms with Crippen molar-refractivity contribution in [2.75, 3.05) is 13.2 Å². The first-order valence-electron chi connectivity index (χ1n) is 33.7. The van der Waals surface area contributed by atoms with Gasteiger partial charge in [-0.3, -0.25) is 14.4 Å². The quantitative estimate of drug-likeness (QED) is 0.0261. The average Bonchev–Trinajstić information content (AvgIpc) is 3.45. The maximum atomic E-state index is 12.9. The molecule has 1 unspecified atom stereocenters. The van der Waals surface area contributed by atoms with E-state index in [-0.39, 0.29) is 31.1 Å². The second-order valence-electron chi connectivity index (χ2n) is 22.4. The van der Waals surface area contributed by atoms with Crippen LogP contribution in [-0.4, -0.2) is 37.2 Å². The van der Waals surface area contributed by atoms with Gasteiger partial charge in [-0.1, -0.05) is 279 Å². The van der Waals surface area contributed by atoms with E-state index in [9.17, 15) is 14.4 Å². The summed E-state index contributed by atoms with van der Waals surface area (Å²) in [4.78, 5) is 38.4. The number of esters is 3. The van der Waals surface area contributed by atoms with E-state index >= 15 is 0 Å². The molecule has 0 aliphatic heterocycles. The summed E-state index contributed by atoms with van der Waals surface area (Å²) in [5.41, 5.74) is 0. The lowest BCUT2D eigenvalue weighted by Gasteiger charge is -2.18. The molecule has 79 heavy (non-hydrogen) atoms. The predicted molar refractivity (Wildman–Crippen MR) is 344 cm³/mol. The molecule has 0 bridgehead atoms. The summed E-state index contributed by atoms with van der Waals surface area (Å²) in [5, 5.41) is 0. The van der Waals surface area contributed by atoms with Gasteiger partial charge < -0.3 is 14.2 Å². The van der Waals surface area contributed by atoms with Crippen molar-refractivity contribution in [3.63, 3.8) is 0 Å². The van der Waals surface area contributed by atoms with E-state index < -0.39 is 6.10 Å². The van der Waals surface area contributed by atoms with Crippen LogP contribution in [0.1, 0.15) is 329 Å². The van der Waals surface area contributed by atoms with Crippen molar-refractivity contribution in [1.82, 2.24) is 0 Å². The number of hydrogen-bond acceptors (Lipinski definition) is 6. The van der Waals surface area contributed by atoms with Crippen LogP contribution in [0.5, 0.6) is 0 Å². The highest BCUT2D eigenvalue weighted by atomic mass is 16.6. The maximum Gasteiger partial charge on any atom is 0.306 e. The third kappa shape index (κ3) is 65.0. The van der Waals surface area contributed by atoms with Gasteiger partial charge in [-0.2, -0.15) is 0 Å². The van der Waals surface area contributed by atoms with Crippen LogP contribution in [0.25, 0.3) is 0 Å². The molecule has 1 atom stereocenters. The smallest absolute Gasteiger partial charge is 0.306 e. The van der Waals surface area contributed by atoms with E-state index in [2.05, 4.69) is 118 Å². The largest absolute Gasteiger partial charge is 0.462 e. The van der Waals surface area contributed by atoms with Crippen LogP contribution >= 0.6 is 0 Å². The van der Waals surface area contributed by atoms with Crippen LogP contribution < -0.4 is 0 Å². The van der Waals surface area contributed by atoms with E-state index in [1.807, 2.05) is 0 Å². The molecule has 0 saturated heterocycles. The molecule has 454 valence electrons. The van der Waals surface area contributed by atoms with Gasteiger partial charge in [0.2, 0.25) is 0 Å². The Morgan fingerprint density at radius 3 is 0.734 bits per heavy atom. The van der Waals surface area contributed by atoms with Gasteiger partial charge in [-0.15, -0.1) is 0 Å². The van der Waals surface area contributed by atoms with Gasteiger partial charge in [0.15, 0.2) is 6.10 Å². The molecule has 0 aromatic heterocycles. The fourth-order valence-corrected chi connectivity index (χ4v) is 9.43. The molecule has 0 aliphatic rings. The van der Waals surface area contributed by atoms with Crippen LogP contribution in [0.2, 0.25) is 0 Å². The van der Waals surface area contributed by atoms with Crippen molar-refractivity contribution in [2.45, 2.75) is 335 Å². The first-order valence-corrected chi connectivity index (χ1v) is 33.7. The molecule has 0 spiro atoms. The van der Waals surface area contributed by atoms with Crippen molar-refractivity contribution in [3.05, 3.63) is 97.2 Å². The number of rotatable bonds is 61. The number of ether oxygens (including phenoxy) is 3. The lowest BCUT2D eigenvalue weighted by atomic mass is 10.1. The predicted octanol–water partition coefficient (Wildman–Crippen LogP) is 23.2. The molecule has 0 saturated carbocycles. The standard InChI is InChI=1S/C73H126O6/c1-4-7-10-13-16-19-22-25-28-31-34-36-39-42-45-48-51-54-57-60-63-66-72(75)78-69-70(68-77-71(74)65-62-59-56-53-50-47-44-41-38-33-30-27-24-21-18-15-12-9-6-3)79-73(76)67-64-61-58-55-52-49-46-43-40-37-35-32-29-26-23-20-17-14-11-8-5-2/h18,21-23,25-27,30-32,34-35,39-40,42-43,70H,4-17,19-20,24,28-29,33,36-38,41,44-69H2,1-3H3/b21-18-,25-22-,26-23-,30-27-,34-31-,35-32-,42-39-,43-40-. The highest BCUT2D eigenvalue weighted by molar-refractivity contribution is 5.71. The number of carbonyl (C=O) groups excluding carboxylic acids is 3. The van der Waals surface area contributed by atoms with Gasteiger partial charge in [0, 0.05) is 19.3 Å². The van der Waals surface area contributed by atoms with E-state index in [0.717, 1.165) is 109 Å². The number of hydrogen-bond donors (Lipinski definition) is 0. The maximum absolute atomic E-state index is 12.9. The SMILES string of the molecule is CCCCC/C=C\C/C=C\CCCCCCCCCCCC(=O)OCC(COC(=O)CCCCCCCC/C=C\C/C=C\C/C=C\CCCCCCC)OC(=O)CCCCCCCC/C=C\C/C=C\C/C=C\CCCCCCC. The summed E-state index contributed by atoms with van der Waals surface area (Å²) in [6.07, 6.45) is 89.7. The van der Waals surface area contributed by atoms with Crippen molar-refractivity contribution < 1.29 is 28.6 Å². The molecule has 0 amide bonds. The molecule has 0 aromatic rings. The fraction of sp³-hybridized carbons (Fsp3) is 0.740. The van der Waals surface area contributed by atoms with Gasteiger partial charge in [0.25, 0.3) is 0 Å². The Bertz CT molecular complexity index is 1540. The molecule has 0 N–H and O–H groups in total. The van der Waals surface area contributed by atoms with Gasteiger partial charge in [-0.25, -0.2) is 0 Å². The molecule has 6 nitrogen and oxygen atoms in total. The Morgan fingerprint density at radius 2 is 0.456 bits per heavy atom. The van der Waals surface area contributed by atoms with Gasteiger partial charge >= 0.3 is 17.9 Å². The zero-order valence-corrected chi connectivity index (χ0v) is 52.1. The zero-order valence-electron chi connectivity index (χ0n) is 52.1. The average molecular weight is 1100 g/mol. The Morgan fingerprint density at radius 1 is 0.253 bits per heavy atom. The summed E-state index contributed by atoms with van der Waals surface area (Å²) < 4.78 is 17.0. The Hall–Kier alpha value is -3.67.